The first-order valence-corrected chi connectivity index (χ1v) is 10.3. The normalized spacial score (nSPS) is 17.6. The third kappa shape index (κ3) is 5.06. The Hall–Kier alpha value is -3.16. The van der Waals surface area contributed by atoms with Gasteiger partial charge in [0.15, 0.2) is 0 Å². The minimum Gasteiger partial charge on any atom is -0.450 e. The number of fused-ring (bicyclic) bond motifs is 1. The SMILES string of the molecule is CCN(CC)c1ccc2c(c1)OC(=O)C(CCOC(=O)NCc1cnccn1)C2C. The Morgan fingerprint density at radius 3 is 2.77 bits per heavy atom. The first-order chi connectivity index (χ1) is 14.5. The molecule has 2 heterocycles. The summed E-state index contributed by atoms with van der Waals surface area (Å²) in [6, 6.07) is 6.03. The monoisotopic (exact) mass is 412 g/mol. The number of hydrogen-bond acceptors (Lipinski definition) is 7. The molecule has 0 saturated heterocycles. The van der Waals surface area contributed by atoms with Gasteiger partial charge in [-0.25, -0.2) is 4.79 Å². The molecule has 0 saturated carbocycles. The summed E-state index contributed by atoms with van der Waals surface area (Å²) in [5, 5.41) is 2.62. The highest BCUT2D eigenvalue weighted by atomic mass is 16.6. The minimum atomic E-state index is -0.554. The zero-order valence-electron chi connectivity index (χ0n) is 17.6. The summed E-state index contributed by atoms with van der Waals surface area (Å²) in [5.74, 6) is -0.0334. The third-order valence-electron chi connectivity index (χ3n) is 5.43. The van der Waals surface area contributed by atoms with Gasteiger partial charge in [-0.05, 0) is 37.8 Å². The number of carbonyl (C=O) groups excluding carboxylic acids is 2. The lowest BCUT2D eigenvalue weighted by Crippen LogP contribution is -2.33. The van der Waals surface area contributed by atoms with E-state index in [0.29, 0.717) is 17.9 Å². The molecule has 8 nitrogen and oxygen atoms in total. The highest BCUT2D eigenvalue weighted by Gasteiger charge is 2.35. The van der Waals surface area contributed by atoms with Gasteiger partial charge in [0, 0.05) is 37.2 Å². The summed E-state index contributed by atoms with van der Waals surface area (Å²) in [4.78, 5) is 34.7. The molecule has 0 radical (unpaired) electrons. The summed E-state index contributed by atoms with van der Waals surface area (Å²) in [6.45, 7) is 8.33. The molecule has 1 aliphatic heterocycles. The average Bonchev–Trinajstić information content (AvgIpc) is 2.76. The number of benzene rings is 1. The highest BCUT2D eigenvalue weighted by Crippen LogP contribution is 2.40. The van der Waals surface area contributed by atoms with Gasteiger partial charge in [0.2, 0.25) is 0 Å². The van der Waals surface area contributed by atoms with Crippen molar-refractivity contribution in [3.63, 3.8) is 0 Å². The topological polar surface area (TPSA) is 93.6 Å². The number of amides is 1. The van der Waals surface area contributed by atoms with E-state index >= 15 is 0 Å². The van der Waals surface area contributed by atoms with Gasteiger partial charge in [0.25, 0.3) is 0 Å². The van der Waals surface area contributed by atoms with Crippen LogP contribution in [0.3, 0.4) is 0 Å². The van der Waals surface area contributed by atoms with Gasteiger partial charge in [0.05, 0.1) is 31.0 Å². The van der Waals surface area contributed by atoms with E-state index in [0.717, 1.165) is 24.3 Å². The molecule has 0 spiro atoms. The molecule has 1 aromatic heterocycles. The standard InChI is InChI=1S/C22H28N4O4/c1-4-26(5-2)17-6-7-18-15(3)19(21(27)30-20(18)12-17)8-11-29-22(28)25-14-16-13-23-9-10-24-16/h6-7,9-10,12-13,15,19H,4-5,8,11,14H2,1-3H3,(H,25,28). The van der Waals surface area contributed by atoms with Gasteiger partial charge in [-0.2, -0.15) is 0 Å². The number of esters is 1. The minimum absolute atomic E-state index is 0.0155. The van der Waals surface area contributed by atoms with E-state index in [9.17, 15) is 9.59 Å². The maximum Gasteiger partial charge on any atom is 0.407 e. The van der Waals surface area contributed by atoms with Crippen LogP contribution < -0.4 is 15.0 Å². The van der Waals surface area contributed by atoms with Crippen molar-refractivity contribution in [1.29, 1.82) is 0 Å². The van der Waals surface area contributed by atoms with Crippen LogP contribution in [0.1, 0.15) is 44.4 Å². The number of hydrogen-bond donors (Lipinski definition) is 1. The molecule has 30 heavy (non-hydrogen) atoms. The van der Waals surface area contributed by atoms with E-state index in [1.165, 1.54) is 0 Å². The predicted octanol–water partition coefficient (Wildman–Crippen LogP) is 3.28. The van der Waals surface area contributed by atoms with Crippen LogP contribution in [0.2, 0.25) is 0 Å². The molecule has 2 atom stereocenters. The van der Waals surface area contributed by atoms with Crippen LogP contribution in [0.5, 0.6) is 5.75 Å². The molecule has 1 aromatic carbocycles. The van der Waals surface area contributed by atoms with Crippen LogP contribution in [-0.2, 0) is 16.1 Å². The number of aromatic nitrogens is 2. The van der Waals surface area contributed by atoms with E-state index in [1.807, 2.05) is 19.1 Å². The number of alkyl carbamates (subject to hydrolysis) is 1. The van der Waals surface area contributed by atoms with E-state index in [-0.39, 0.29) is 31.0 Å². The van der Waals surface area contributed by atoms with Crippen molar-refractivity contribution in [3.8, 4) is 5.75 Å². The molecule has 3 rings (SSSR count). The van der Waals surface area contributed by atoms with E-state index in [1.54, 1.807) is 18.6 Å². The molecular weight excluding hydrogens is 384 g/mol. The Kier molecular flexibility index (Phi) is 7.21. The number of ether oxygens (including phenoxy) is 2. The molecule has 8 heteroatoms. The van der Waals surface area contributed by atoms with Crippen LogP contribution in [-0.4, -0.2) is 41.7 Å². The Balaban J connectivity index is 1.54. The molecule has 0 fully saturated rings. The summed E-state index contributed by atoms with van der Waals surface area (Å²) in [5.41, 5.74) is 2.68. The number of rotatable bonds is 8. The molecule has 160 valence electrons. The summed E-state index contributed by atoms with van der Waals surface area (Å²) in [6.07, 6.45) is 4.54. The van der Waals surface area contributed by atoms with Crippen LogP contribution in [0.25, 0.3) is 0 Å². The summed E-state index contributed by atoms with van der Waals surface area (Å²) >= 11 is 0. The van der Waals surface area contributed by atoms with Crippen molar-refractivity contribution < 1.29 is 19.1 Å². The first-order valence-electron chi connectivity index (χ1n) is 10.3. The molecule has 1 amide bonds. The second kappa shape index (κ2) is 10.0. The molecule has 2 aromatic rings. The van der Waals surface area contributed by atoms with Crippen LogP contribution >= 0.6 is 0 Å². The molecule has 2 unspecified atom stereocenters. The second-order valence-corrected chi connectivity index (χ2v) is 7.19. The Morgan fingerprint density at radius 1 is 1.27 bits per heavy atom. The fraction of sp³-hybridized carbons (Fsp3) is 0.455. The van der Waals surface area contributed by atoms with Gasteiger partial charge in [0.1, 0.15) is 5.75 Å². The Labute approximate surface area is 176 Å². The van der Waals surface area contributed by atoms with Gasteiger partial charge in [-0.3, -0.25) is 14.8 Å². The van der Waals surface area contributed by atoms with Crippen LogP contribution in [0, 0.1) is 5.92 Å². The van der Waals surface area contributed by atoms with Gasteiger partial charge in [-0.1, -0.05) is 13.0 Å². The van der Waals surface area contributed by atoms with Crippen molar-refractivity contribution in [1.82, 2.24) is 15.3 Å². The Bertz CT molecular complexity index is 871. The lowest BCUT2D eigenvalue weighted by atomic mass is 9.83. The molecule has 0 aliphatic carbocycles. The van der Waals surface area contributed by atoms with Crippen molar-refractivity contribution in [2.75, 3.05) is 24.6 Å². The zero-order valence-corrected chi connectivity index (χ0v) is 17.6. The highest BCUT2D eigenvalue weighted by molar-refractivity contribution is 5.80. The van der Waals surface area contributed by atoms with Gasteiger partial charge < -0.3 is 19.7 Å². The fourth-order valence-electron chi connectivity index (χ4n) is 3.66. The number of nitrogens with zero attached hydrogens (tertiary/aromatic N) is 3. The number of anilines is 1. The zero-order chi connectivity index (χ0) is 21.5. The van der Waals surface area contributed by atoms with Gasteiger partial charge in [-0.15, -0.1) is 0 Å². The average molecular weight is 412 g/mol. The van der Waals surface area contributed by atoms with E-state index in [4.69, 9.17) is 9.47 Å². The van der Waals surface area contributed by atoms with Crippen molar-refractivity contribution in [2.45, 2.75) is 39.7 Å². The summed E-state index contributed by atoms with van der Waals surface area (Å²) in [7, 11) is 0. The quantitative estimate of drug-likeness (QED) is 0.525. The van der Waals surface area contributed by atoms with Crippen molar-refractivity contribution >= 4 is 17.7 Å². The number of carbonyl (C=O) groups is 2. The lowest BCUT2D eigenvalue weighted by Gasteiger charge is -2.31. The van der Waals surface area contributed by atoms with Crippen molar-refractivity contribution in [3.05, 3.63) is 48.0 Å². The predicted molar refractivity (Wildman–Crippen MR) is 112 cm³/mol. The van der Waals surface area contributed by atoms with Crippen LogP contribution in [0.15, 0.2) is 36.8 Å². The smallest absolute Gasteiger partial charge is 0.407 e. The maximum atomic E-state index is 12.6. The maximum absolute atomic E-state index is 12.6. The Morgan fingerprint density at radius 2 is 2.07 bits per heavy atom. The largest absolute Gasteiger partial charge is 0.450 e. The van der Waals surface area contributed by atoms with E-state index < -0.39 is 6.09 Å². The van der Waals surface area contributed by atoms with Crippen molar-refractivity contribution in [2.24, 2.45) is 5.92 Å². The lowest BCUT2D eigenvalue weighted by molar-refractivity contribution is -0.141. The summed E-state index contributed by atoms with van der Waals surface area (Å²) < 4.78 is 10.8. The second-order valence-electron chi connectivity index (χ2n) is 7.19. The first kappa shape index (κ1) is 21.5. The fourth-order valence-corrected chi connectivity index (χ4v) is 3.66. The molecule has 1 aliphatic rings. The van der Waals surface area contributed by atoms with Crippen LogP contribution in [0.4, 0.5) is 10.5 Å². The molecule has 1 N–H and O–H groups in total. The molecule has 0 bridgehead atoms. The molecular formula is C22H28N4O4. The number of nitrogens with one attached hydrogen (secondary N) is 1. The van der Waals surface area contributed by atoms with E-state index in [2.05, 4.69) is 40.1 Å². The third-order valence-corrected chi connectivity index (χ3v) is 5.43. The van der Waals surface area contributed by atoms with Gasteiger partial charge >= 0.3 is 12.1 Å².